The highest BCUT2D eigenvalue weighted by atomic mass is 19.2. The van der Waals surface area contributed by atoms with Gasteiger partial charge in [-0.05, 0) is 19.2 Å². The molecule has 8 heteroatoms. The second-order valence-corrected chi connectivity index (χ2v) is 4.91. The van der Waals surface area contributed by atoms with Crippen molar-refractivity contribution in [1.82, 2.24) is 20.4 Å². The molecule has 1 aliphatic heterocycles. The monoisotopic (exact) mass is 298 g/mol. The van der Waals surface area contributed by atoms with E-state index in [4.69, 9.17) is 4.52 Å². The number of hydrogen-bond donors (Lipinski definition) is 1. The van der Waals surface area contributed by atoms with E-state index in [1.807, 2.05) is 7.05 Å². The molecular formula is C13H13F3N4O. The molecule has 0 amide bonds. The molecule has 1 unspecified atom stereocenters. The molecule has 1 aromatic heterocycles. The normalized spacial score (nSPS) is 19.9. The molecule has 1 saturated heterocycles. The van der Waals surface area contributed by atoms with E-state index < -0.39 is 17.5 Å². The van der Waals surface area contributed by atoms with Crippen LogP contribution in [0, 0.1) is 17.5 Å². The van der Waals surface area contributed by atoms with Crippen LogP contribution in [0.25, 0.3) is 11.5 Å². The lowest BCUT2D eigenvalue weighted by Crippen LogP contribution is -2.44. The average molecular weight is 298 g/mol. The summed E-state index contributed by atoms with van der Waals surface area (Å²) >= 11 is 0. The Balaban J connectivity index is 1.91. The molecule has 1 aliphatic rings. The number of hydrogen-bond acceptors (Lipinski definition) is 5. The van der Waals surface area contributed by atoms with Gasteiger partial charge in [-0.3, -0.25) is 4.90 Å². The molecule has 5 nitrogen and oxygen atoms in total. The molecule has 0 saturated carbocycles. The Kier molecular flexibility index (Phi) is 3.64. The fraction of sp³-hybridized carbons (Fsp3) is 0.385. The molecule has 0 radical (unpaired) electrons. The van der Waals surface area contributed by atoms with Crippen molar-refractivity contribution in [3.63, 3.8) is 0 Å². The fourth-order valence-electron chi connectivity index (χ4n) is 2.26. The van der Waals surface area contributed by atoms with Gasteiger partial charge >= 0.3 is 0 Å². The third-order valence-electron chi connectivity index (χ3n) is 3.48. The van der Waals surface area contributed by atoms with Crippen LogP contribution in [-0.4, -0.2) is 41.7 Å². The number of halogens is 3. The number of nitrogens with one attached hydrogen (secondary N) is 1. The summed E-state index contributed by atoms with van der Waals surface area (Å²) in [5.74, 6) is -3.72. The van der Waals surface area contributed by atoms with Crippen LogP contribution in [0.4, 0.5) is 13.2 Å². The van der Waals surface area contributed by atoms with Gasteiger partial charge in [0.2, 0.25) is 0 Å². The van der Waals surface area contributed by atoms with Crippen LogP contribution >= 0.6 is 0 Å². The molecule has 1 fully saturated rings. The van der Waals surface area contributed by atoms with Gasteiger partial charge in [0.1, 0.15) is 0 Å². The molecule has 1 aromatic carbocycles. The maximum Gasteiger partial charge on any atom is 0.258 e. The standard InChI is InChI=1S/C13H13F3N4O/c1-20-3-2-17-6-10(20)12-18-13(21-19-12)7-4-8(14)11(16)9(15)5-7/h4-5,10,17H,2-3,6H2,1H3. The summed E-state index contributed by atoms with van der Waals surface area (Å²) in [5, 5.41) is 7.05. The third-order valence-corrected chi connectivity index (χ3v) is 3.48. The zero-order valence-electron chi connectivity index (χ0n) is 11.2. The zero-order chi connectivity index (χ0) is 15.0. The molecule has 112 valence electrons. The molecule has 0 spiro atoms. The van der Waals surface area contributed by atoms with Gasteiger partial charge in [-0.2, -0.15) is 4.98 Å². The Bertz CT molecular complexity index is 638. The Morgan fingerprint density at radius 3 is 2.67 bits per heavy atom. The first-order valence-electron chi connectivity index (χ1n) is 6.45. The first-order chi connectivity index (χ1) is 10.1. The van der Waals surface area contributed by atoms with E-state index in [0.717, 1.165) is 25.2 Å². The zero-order valence-corrected chi connectivity index (χ0v) is 11.2. The van der Waals surface area contributed by atoms with Gasteiger partial charge in [-0.15, -0.1) is 0 Å². The summed E-state index contributed by atoms with van der Waals surface area (Å²) in [4.78, 5) is 6.20. The van der Waals surface area contributed by atoms with Crippen LogP contribution in [0.15, 0.2) is 16.7 Å². The number of likely N-dealkylation sites (N-methyl/N-ethyl adjacent to an activating group) is 1. The maximum absolute atomic E-state index is 13.2. The lowest BCUT2D eigenvalue weighted by molar-refractivity contribution is 0.190. The highest BCUT2D eigenvalue weighted by molar-refractivity contribution is 5.53. The molecule has 2 aromatic rings. The minimum absolute atomic E-state index is 0.0107. The highest BCUT2D eigenvalue weighted by Crippen LogP contribution is 2.25. The van der Waals surface area contributed by atoms with Gasteiger partial charge in [-0.25, -0.2) is 13.2 Å². The van der Waals surface area contributed by atoms with Crippen molar-refractivity contribution in [2.75, 3.05) is 26.7 Å². The Morgan fingerprint density at radius 2 is 2.00 bits per heavy atom. The second-order valence-electron chi connectivity index (χ2n) is 4.91. The summed E-state index contributed by atoms with van der Waals surface area (Å²) in [6.07, 6.45) is 0. The van der Waals surface area contributed by atoms with Crippen molar-refractivity contribution in [2.45, 2.75) is 6.04 Å². The smallest absolute Gasteiger partial charge is 0.258 e. The molecule has 2 heterocycles. The second kappa shape index (κ2) is 5.45. The van der Waals surface area contributed by atoms with Crippen LogP contribution < -0.4 is 5.32 Å². The van der Waals surface area contributed by atoms with E-state index in [9.17, 15) is 13.2 Å². The van der Waals surface area contributed by atoms with E-state index >= 15 is 0 Å². The van der Waals surface area contributed by atoms with E-state index in [1.54, 1.807) is 0 Å². The summed E-state index contributed by atoms with van der Waals surface area (Å²) in [7, 11) is 1.93. The molecule has 21 heavy (non-hydrogen) atoms. The summed E-state index contributed by atoms with van der Waals surface area (Å²) in [6.45, 7) is 2.35. The van der Waals surface area contributed by atoms with Crippen LogP contribution in [0.2, 0.25) is 0 Å². The van der Waals surface area contributed by atoms with Crippen LogP contribution in [0.5, 0.6) is 0 Å². The van der Waals surface area contributed by atoms with Crippen molar-refractivity contribution in [1.29, 1.82) is 0 Å². The Morgan fingerprint density at radius 1 is 1.29 bits per heavy atom. The summed E-state index contributed by atoms with van der Waals surface area (Å²) < 4.78 is 44.4. The predicted molar refractivity (Wildman–Crippen MR) is 67.8 cm³/mol. The van der Waals surface area contributed by atoms with Gasteiger partial charge in [0.25, 0.3) is 5.89 Å². The highest BCUT2D eigenvalue weighted by Gasteiger charge is 2.26. The van der Waals surface area contributed by atoms with E-state index in [2.05, 4.69) is 20.4 Å². The first kappa shape index (κ1) is 14.0. The van der Waals surface area contributed by atoms with Gasteiger partial charge in [0, 0.05) is 25.2 Å². The fourth-order valence-corrected chi connectivity index (χ4v) is 2.26. The molecule has 3 rings (SSSR count). The average Bonchev–Trinajstić information content (AvgIpc) is 2.94. The number of rotatable bonds is 2. The lowest BCUT2D eigenvalue weighted by Gasteiger charge is -2.30. The SMILES string of the molecule is CN1CCNCC1c1noc(-c2cc(F)c(F)c(F)c2)n1. The molecule has 1 atom stereocenters. The summed E-state index contributed by atoms with van der Waals surface area (Å²) in [6, 6.07) is 1.59. The van der Waals surface area contributed by atoms with Crippen molar-refractivity contribution < 1.29 is 17.7 Å². The van der Waals surface area contributed by atoms with Crippen LogP contribution in [0.3, 0.4) is 0 Å². The van der Waals surface area contributed by atoms with E-state index in [-0.39, 0.29) is 17.5 Å². The van der Waals surface area contributed by atoms with Gasteiger partial charge in [0.15, 0.2) is 23.3 Å². The minimum atomic E-state index is -1.52. The van der Waals surface area contributed by atoms with Gasteiger partial charge in [0.05, 0.1) is 6.04 Å². The molecule has 1 N–H and O–H groups in total. The first-order valence-corrected chi connectivity index (χ1v) is 6.45. The van der Waals surface area contributed by atoms with Gasteiger partial charge < -0.3 is 9.84 Å². The van der Waals surface area contributed by atoms with Crippen molar-refractivity contribution in [3.8, 4) is 11.5 Å². The maximum atomic E-state index is 13.2. The number of benzene rings is 1. The third kappa shape index (κ3) is 2.64. The van der Waals surface area contributed by atoms with E-state index in [0.29, 0.717) is 12.4 Å². The molecule has 0 bridgehead atoms. The molecule has 0 aliphatic carbocycles. The quantitative estimate of drug-likeness (QED) is 0.856. The predicted octanol–water partition coefficient (Wildman–Crippen LogP) is 1.73. The summed E-state index contributed by atoms with van der Waals surface area (Å²) in [5.41, 5.74) is 0.0107. The van der Waals surface area contributed by atoms with Crippen LogP contribution in [0.1, 0.15) is 11.9 Å². The Labute approximate surface area is 118 Å². The van der Waals surface area contributed by atoms with Crippen LogP contribution in [-0.2, 0) is 0 Å². The van der Waals surface area contributed by atoms with Crippen molar-refractivity contribution >= 4 is 0 Å². The number of piperazine rings is 1. The largest absolute Gasteiger partial charge is 0.334 e. The number of aromatic nitrogens is 2. The lowest BCUT2D eigenvalue weighted by atomic mass is 10.2. The number of nitrogens with zero attached hydrogens (tertiary/aromatic N) is 3. The van der Waals surface area contributed by atoms with Crippen molar-refractivity contribution in [2.24, 2.45) is 0 Å². The molecular weight excluding hydrogens is 285 g/mol. The van der Waals surface area contributed by atoms with Gasteiger partial charge in [-0.1, -0.05) is 5.16 Å². The van der Waals surface area contributed by atoms with E-state index in [1.165, 1.54) is 0 Å². The Hall–Kier alpha value is -1.93. The topological polar surface area (TPSA) is 54.2 Å². The van der Waals surface area contributed by atoms with Crippen molar-refractivity contribution in [3.05, 3.63) is 35.4 Å². The minimum Gasteiger partial charge on any atom is -0.334 e.